The SMILES string of the molecule is CCNC(c1c(F)cccc1OC)C(C)c1ccncc1. The van der Waals surface area contributed by atoms with Gasteiger partial charge in [-0.3, -0.25) is 4.98 Å². The Bertz CT molecular complexity index is 574. The van der Waals surface area contributed by atoms with Crippen LogP contribution in [-0.4, -0.2) is 18.6 Å². The minimum absolute atomic E-state index is 0.0961. The lowest BCUT2D eigenvalue weighted by Crippen LogP contribution is -2.27. The Morgan fingerprint density at radius 1 is 1.24 bits per heavy atom. The van der Waals surface area contributed by atoms with Crippen LogP contribution in [0.2, 0.25) is 0 Å². The largest absolute Gasteiger partial charge is 0.496 e. The molecule has 2 aromatic rings. The van der Waals surface area contributed by atoms with E-state index in [1.54, 1.807) is 31.6 Å². The summed E-state index contributed by atoms with van der Waals surface area (Å²) >= 11 is 0. The number of hydrogen-bond acceptors (Lipinski definition) is 3. The quantitative estimate of drug-likeness (QED) is 0.880. The van der Waals surface area contributed by atoms with Gasteiger partial charge in [0.2, 0.25) is 0 Å². The van der Waals surface area contributed by atoms with Gasteiger partial charge in [-0.1, -0.05) is 19.9 Å². The summed E-state index contributed by atoms with van der Waals surface area (Å²) < 4.78 is 19.7. The second kappa shape index (κ2) is 7.18. The molecule has 0 aliphatic rings. The number of rotatable bonds is 6. The Hall–Kier alpha value is -1.94. The smallest absolute Gasteiger partial charge is 0.131 e. The van der Waals surface area contributed by atoms with E-state index in [0.717, 1.165) is 12.1 Å². The summed E-state index contributed by atoms with van der Waals surface area (Å²) in [5, 5.41) is 3.37. The van der Waals surface area contributed by atoms with Gasteiger partial charge in [-0.2, -0.15) is 0 Å². The standard InChI is InChI=1S/C17H21FN2O/c1-4-20-17(12(2)13-8-10-19-11-9-13)16-14(18)6-5-7-15(16)21-3/h5-12,17,20H,4H2,1-3H3. The van der Waals surface area contributed by atoms with Crippen molar-refractivity contribution in [3.63, 3.8) is 0 Å². The molecule has 1 N–H and O–H groups in total. The van der Waals surface area contributed by atoms with E-state index >= 15 is 0 Å². The number of nitrogens with zero attached hydrogens (tertiary/aromatic N) is 1. The van der Waals surface area contributed by atoms with E-state index in [2.05, 4.69) is 17.2 Å². The van der Waals surface area contributed by atoms with Crippen LogP contribution in [0.3, 0.4) is 0 Å². The predicted molar refractivity (Wildman–Crippen MR) is 82.0 cm³/mol. The third kappa shape index (κ3) is 3.39. The van der Waals surface area contributed by atoms with Gasteiger partial charge in [-0.25, -0.2) is 4.39 Å². The van der Waals surface area contributed by atoms with E-state index in [4.69, 9.17) is 4.74 Å². The average molecular weight is 288 g/mol. The number of likely N-dealkylation sites (N-methyl/N-ethyl adjacent to an activating group) is 1. The molecular formula is C17H21FN2O. The normalized spacial score (nSPS) is 13.7. The molecule has 112 valence electrons. The second-order valence-corrected chi connectivity index (χ2v) is 4.96. The van der Waals surface area contributed by atoms with Gasteiger partial charge in [0.05, 0.1) is 7.11 Å². The Morgan fingerprint density at radius 2 is 1.95 bits per heavy atom. The van der Waals surface area contributed by atoms with Crippen molar-refractivity contribution in [2.75, 3.05) is 13.7 Å². The molecule has 1 aromatic heterocycles. The van der Waals surface area contributed by atoms with Crippen LogP contribution in [-0.2, 0) is 0 Å². The molecule has 2 atom stereocenters. The maximum absolute atomic E-state index is 14.4. The van der Waals surface area contributed by atoms with Crippen LogP contribution in [0.5, 0.6) is 5.75 Å². The number of pyridine rings is 1. The van der Waals surface area contributed by atoms with Crippen LogP contribution in [0, 0.1) is 5.82 Å². The molecule has 0 amide bonds. The van der Waals surface area contributed by atoms with Crippen molar-refractivity contribution in [3.8, 4) is 5.75 Å². The summed E-state index contributed by atoms with van der Waals surface area (Å²) in [6, 6.07) is 8.69. The van der Waals surface area contributed by atoms with Crippen molar-refractivity contribution < 1.29 is 9.13 Å². The highest BCUT2D eigenvalue weighted by atomic mass is 19.1. The van der Waals surface area contributed by atoms with Crippen LogP contribution < -0.4 is 10.1 Å². The molecule has 0 aliphatic heterocycles. The fourth-order valence-corrected chi connectivity index (χ4v) is 2.61. The van der Waals surface area contributed by atoms with Gasteiger partial charge in [0.25, 0.3) is 0 Å². The van der Waals surface area contributed by atoms with Gasteiger partial charge in [0.1, 0.15) is 11.6 Å². The Kier molecular flexibility index (Phi) is 5.28. The maximum Gasteiger partial charge on any atom is 0.131 e. The Labute approximate surface area is 125 Å². The maximum atomic E-state index is 14.4. The molecule has 21 heavy (non-hydrogen) atoms. The zero-order valence-corrected chi connectivity index (χ0v) is 12.6. The molecule has 4 heteroatoms. The van der Waals surface area contributed by atoms with Gasteiger partial charge < -0.3 is 10.1 Å². The lowest BCUT2D eigenvalue weighted by Gasteiger charge is -2.27. The third-order valence-corrected chi connectivity index (χ3v) is 3.70. The van der Waals surface area contributed by atoms with E-state index in [-0.39, 0.29) is 17.8 Å². The zero-order valence-electron chi connectivity index (χ0n) is 12.6. The lowest BCUT2D eigenvalue weighted by atomic mass is 9.88. The molecule has 1 aromatic carbocycles. The van der Waals surface area contributed by atoms with Gasteiger partial charge in [-0.05, 0) is 36.4 Å². The van der Waals surface area contributed by atoms with Crippen molar-refractivity contribution in [1.82, 2.24) is 10.3 Å². The monoisotopic (exact) mass is 288 g/mol. The molecule has 0 radical (unpaired) electrons. The summed E-state index contributed by atoms with van der Waals surface area (Å²) in [6.07, 6.45) is 3.51. The predicted octanol–water partition coefficient (Wildman–Crippen LogP) is 3.68. The van der Waals surface area contributed by atoms with E-state index in [1.165, 1.54) is 6.07 Å². The van der Waals surface area contributed by atoms with Crippen LogP contribution >= 0.6 is 0 Å². The Balaban J connectivity index is 2.44. The minimum atomic E-state index is -0.249. The highest BCUT2D eigenvalue weighted by molar-refractivity contribution is 5.39. The third-order valence-electron chi connectivity index (χ3n) is 3.70. The number of aromatic nitrogens is 1. The van der Waals surface area contributed by atoms with E-state index < -0.39 is 0 Å². The summed E-state index contributed by atoms with van der Waals surface area (Å²) in [7, 11) is 1.57. The molecule has 0 aliphatic carbocycles. The van der Waals surface area contributed by atoms with E-state index in [9.17, 15) is 4.39 Å². The highest BCUT2D eigenvalue weighted by Gasteiger charge is 2.26. The summed E-state index contributed by atoms with van der Waals surface area (Å²) in [4.78, 5) is 4.04. The fourth-order valence-electron chi connectivity index (χ4n) is 2.61. The van der Waals surface area contributed by atoms with E-state index in [0.29, 0.717) is 11.3 Å². The van der Waals surface area contributed by atoms with Crippen molar-refractivity contribution in [3.05, 3.63) is 59.7 Å². The molecule has 0 fully saturated rings. The number of hydrogen-bond donors (Lipinski definition) is 1. The number of benzene rings is 1. The number of halogens is 1. The van der Waals surface area contributed by atoms with Gasteiger partial charge >= 0.3 is 0 Å². The van der Waals surface area contributed by atoms with Crippen LogP contribution in [0.1, 0.15) is 36.9 Å². The van der Waals surface area contributed by atoms with Crippen molar-refractivity contribution >= 4 is 0 Å². The minimum Gasteiger partial charge on any atom is -0.496 e. The molecule has 2 unspecified atom stereocenters. The molecule has 2 rings (SSSR count). The number of methoxy groups -OCH3 is 1. The summed E-state index contributed by atoms with van der Waals surface area (Å²) in [5.41, 5.74) is 1.69. The molecule has 0 bridgehead atoms. The zero-order chi connectivity index (χ0) is 15.2. The van der Waals surface area contributed by atoms with E-state index in [1.807, 2.05) is 19.1 Å². The first-order chi connectivity index (χ1) is 10.2. The van der Waals surface area contributed by atoms with Crippen LogP contribution in [0.15, 0.2) is 42.7 Å². The van der Waals surface area contributed by atoms with Crippen molar-refractivity contribution in [2.24, 2.45) is 0 Å². The first-order valence-corrected chi connectivity index (χ1v) is 7.14. The molecular weight excluding hydrogens is 267 g/mol. The lowest BCUT2D eigenvalue weighted by molar-refractivity contribution is 0.380. The Morgan fingerprint density at radius 3 is 2.57 bits per heavy atom. The first-order valence-electron chi connectivity index (χ1n) is 7.14. The summed E-state index contributed by atoms with van der Waals surface area (Å²) in [5.74, 6) is 0.418. The van der Waals surface area contributed by atoms with Gasteiger partial charge in [0.15, 0.2) is 0 Å². The average Bonchev–Trinajstić information content (AvgIpc) is 2.53. The van der Waals surface area contributed by atoms with Crippen molar-refractivity contribution in [2.45, 2.75) is 25.8 Å². The topological polar surface area (TPSA) is 34.1 Å². The molecule has 0 saturated carbocycles. The molecule has 0 saturated heterocycles. The number of nitrogens with one attached hydrogen (secondary N) is 1. The molecule has 3 nitrogen and oxygen atoms in total. The van der Waals surface area contributed by atoms with Crippen molar-refractivity contribution in [1.29, 1.82) is 0 Å². The van der Waals surface area contributed by atoms with Crippen LogP contribution in [0.4, 0.5) is 4.39 Å². The molecule has 1 heterocycles. The van der Waals surface area contributed by atoms with Crippen LogP contribution in [0.25, 0.3) is 0 Å². The second-order valence-electron chi connectivity index (χ2n) is 4.96. The molecule has 0 spiro atoms. The number of ether oxygens (including phenoxy) is 1. The summed E-state index contributed by atoms with van der Waals surface area (Å²) in [6.45, 7) is 4.84. The van der Waals surface area contributed by atoms with Gasteiger partial charge in [0, 0.05) is 29.9 Å². The van der Waals surface area contributed by atoms with Gasteiger partial charge in [-0.15, -0.1) is 0 Å². The fraction of sp³-hybridized carbons (Fsp3) is 0.353. The first kappa shape index (κ1) is 15.4. The highest BCUT2D eigenvalue weighted by Crippen LogP contribution is 2.36.